The van der Waals surface area contributed by atoms with Crippen LogP contribution < -0.4 is 15.8 Å². The van der Waals surface area contributed by atoms with Gasteiger partial charge in [-0.05, 0) is 175 Å². The summed E-state index contributed by atoms with van der Waals surface area (Å²) in [6, 6.07) is 30.1. The highest BCUT2D eigenvalue weighted by atomic mass is 16.5. The molecule has 8 N–H and O–H groups in total. The van der Waals surface area contributed by atoms with E-state index in [1.54, 1.807) is 24.3 Å². The molecule has 0 saturated carbocycles. The van der Waals surface area contributed by atoms with E-state index in [4.69, 9.17) is 19.9 Å². The number of benzene rings is 5. The van der Waals surface area contributed by atoms with Gasteiger partial charge in [0.2, 0.25) is 0 Å². The summed E-state index contributed by atoms with van der Waals surface area (Å²) in [6.07, 6.45) is 18.7. The zero-order chi connectivity index (χ0) is 49.3. The van der Waals surface area contributed by atoms with E-state index >= 15 is 0 Å². The summed E-state index contributed by atoms with van der Waals surface area (Å²) >= 11 is 0. The second-order valence-corrected chi connectivity index (χ2v) is 21.2. The number of phenols is 3. The van der Waals surface area contributed by atoms with Crippen molar-refractivity contribution >= 4 is 16.6 Å². The van der Waals surface area contributed by atoms with Gasteiger partial charge in [0.05, 0.1) is 37.7 Å². The summed E-state index contributed by atoms with van der Waals surface area (Å²) in [7, 11) is 0. The number of hydrogen-bond acceptors (Lipinski definition) is 10. The monoisotopic (exact) mass is 972 g/mol. The standard InChI is InChI=1S/C61H69N3O8/c62-59-22-19-51-56-21-16-41(10-3-1-2-7-38-13-20-54(68)43(25-38)26-39-8-6-11-49(66)27-39)57(72-56)32-50(67)18-15-42-31-58(55(69)30-45(42)35-65)71-36-46-29-48(28-44-33-64(34-52(44)46)60(51)63-59)61-23-24-70-37-47(61)17-14-40-9-4-5-12-53(40)61/h4-6,8-9,11-13,19-20,22,25,27-31,33-34,41,47,50,56-57,59,63,65-69H,1-3,7,10,14-18,21,23-24,26,32,35-37,62H2. The number of dihydropyridines is 1. The number of aromatic hydroxyl groups is 3. The molecule has 7 atom stereocenters. The van der Waals surface area contributed by atoms with E-state index in [9.17, 15) is 25.5 Å². The number of nitrogens with two attached hydrogens (primary N) is 1. The number of unbranched alkanes of at least 4 members (excludes halogenated alkanes) is 2. The molecule has 72 heavy (non-hydrogen) atoms. The smallest absolute Gasteiger partial charge is 0.161 e. The van der Waals surface area contributed by atoms with Crippen molar-refractivity contribution in [1.82, 2.24) is 9.88 Å². The number of hydrogen-bond donors (Lipinski definition) is 7. The predicted molar refractivity (Wildman–Crippen MR) is 280 cm³/mol. The van der Waals surface area contributed by atoms with Gasteiger partial charge in [-0.2, -0.15) is 0 Å². The third-order valence-corrected chi connectivity index (χ3v) is 16.7. The van der Waals surface area contributed by atoms with E-state index in [0.29, 0.717) is 56.1 Å². The first-order chi connectivity index (χ1) is 35.1. The normalized spacial score (nSPS) is 25.2. The third-order valence-electron chi connectivity index (χ3n) is 16.7. The molecule has 6 aromatic rings. The molecule has 4 aliphatic heterocycles. The number of nitrogens with one attached hydrogen (secondary N) is 1. The van der Waals surface area contributed by atoms with Crippen LogP contribution in [-0.2, 0) is 53.8 Å². The van der Waals surface area contributed by atoms with E-state index in [2.05, 4.69) is 70.8 Å². The fourth-order valence-corrected chi connectivity index (χ4v) is 12.9. The number of aliphatic hydroxyl groups excluding tert-OH is 2. The molecule has 5 heterocycles. The first-order valence-corrected chi connectivity index (χ1v) is 26.4. The zero-order valence-electron chi connectivity index (χ0n) is 41.1. The van der Waals surface area contributed by atoms with E-state index in [0.717, 1.165) is 109 Å². The van der Waals surface area contributed by atoms with Crippen LogP contribution in [0.2, 0.25) is 0 Å². The van der Waals surface area contributed by atoms with Crippen molar-refractivity contribution in [2.75, 3.05) is 13.2 Å². The number of nitrogens with zero attached hydrogens (tertiary/aromatic N) is 1. The maximum absolute atomic E-state index is 11.8. The Bertz CT molecular complexity index is 3000. The molecule has 0 amide bonds. The molecule has 7 unspecified atom stereocenters. The summed E-state index contributed by atoms with van der Waals surface area (Å²) in [4.78, 5) is 0. The van der Waals surface area contributed by atoms with Gasteiger partial charge in [0.1, 0.15) is 23.9 Å². The van der Waals surface area contributed by atoms with Crippen molar-refractivity contribution in [3.8, 4) is 23.0 Å². The van der Waals surface area contributed by atoms with Gasteiger partial charge >= 0.3 is 0 Å². The van der Waals surface area contributed by atoms with Crippen molar-refractivity contribution in [2.24, 2.45) is 17.6 Å². The summed E-state index contributed by atoms with van der Waals surface area (Å²) in [6.45, 7) is 1.35. The van der Waals surface area contributed by atoms with E-state index in [-0.39, 0.29) is 54.0 Å². The van der Waals surface area contributed by atoms with Crippen LogP contribution in [0.15, 0.2) is 121 Å². The van der Waals surface area contributed by atoms with Crippen molar-refractivity contribution < 1.29 is 39.7 Å². The molecule has 11 rings (SSSR count). The first kappa shape index (κ1) is 48.2. The van der Waals surface area contributed by atoms with Crippen LogP contribution in [0.4, 0.5) is 0 Å². The summed E-state index contributed by atoms with van der Waals surface area (Å²) in [5.41, 5.74) is 16.9. The fraction of sp³-hybridized carbons (Fsp3) is 0.410. The Labute approximate surface area is 422 Å². The molecule has 5 aliphatic rings. The first-order valence-electron chi connectivity index (χ1n) is 26.4. The average Bonchev–Trinajstić information content (AvgIpc) is 3.83. The molecule has 11 nitrogen and oxygen atoms in total. The number of rotatable bonds is 10. The van der Waals surface area contributed by atoms with Crippen molar-refractivity contribution in [2.45, 2.75) is 133 Å². The number of aromatic nitrogens is 1. The lowest BCUT2D eigenvalue weighted by Crippen LogP contribution is -2.47. The van der Waals surface area contributed by atoms with E-state index < -0.39 is 12.3 Å². The molecule has 1 aliphatic carbocycles. The van der Waals surface area contributed by atoms with E-state index in [1.807, 2.05) is 30.3 Å². The predicted octanol–water partition coefficient (Wildman–Crippen LogP) is 9.97. The molecule has 2 fully saturated rings. The molecule has 1 aromatic heterocycles. The van der Waals surface area contributed by atoms with Gasteiger partial charge in [0.25, 0.3) is 0 Å². The molecule has 11 heteroatoms. The van der Waals surface area contributed by atoms with Crippen molar-refractivity contribution in [3.05, 3.63) is 171 Å². The number of phenolic OH excluding ortho intramolecular Hbond substituents is 3. The Hall–Kier alpha value is -6.08. The molecular formula is C61H69N3O8. The van der Waals surface area contributed by atoms with Crippen LogP contribution in [-0.4, -0.2) is 67.8 Å². The molecule has 376 valence electrons. The lowest BCUT2D eigenvalue weighted by Gasteiger charge is -2.49. The molecule has 0 radical (unpaired) electrons. The minimum atomic E-state index is -0.661. The van der Waals surface area contributed by atoms with Gasteiger partial charge in [-0.3, -0.25) is 0 Å². The maximum Gasteiger partial charge on any atom is 0.161 e. The third kappa shape index (κ3) is 9.77. The van der Waals surface area contributed by atoms with Crippen LogP contribution in [0.1, 0.15) is 114 Å². The van der Waals surface area contributed by atoms with Gasteiger partial charge in [-0.25, -0.2) is 0 Å². The Morgan fingerprint density at radius 1 is 0.792 bits per heavy atom. The Morgan fingerprint density at radius 2 is 1.68 bits per heavy atom. The van der Waals surface area contributed by atoms with Gasteiger partial charge in [-0.1, -0.05) is 73.5 Å². The highest BCUT2D eigenvalue weighted by Crippen LogP contribution is 2.52. The lowest BCUT2D eigenvalue weighted by atomic mass is 9.57. The molecule has 2 saturated heterocycles. The largest absolute Gasteiger partial charge is 0.508 e. The average molecular weight is 972 g/mol. The second kappa shape index (κ2) is 20.8. The fourth-order valence-electron chi connectivity index (χ4n) is 12.9. The quantitative estimate of drug-likeness (QED) is 0.0656. The highest BCUT2D eigenvalue weighted by Gasteiger charge is 2.48. The van der Waals surface area contributed by atoms with Gasteiger partial charge in [-0.15, -0.1) is 0 Å². The van der Waals surface area contributed by atoms with Crippen LogP contribution in [0.25, 0.3) is 16.6 Å². The van der Waals surface area contributed by atoms with Crippen molar-refractivity contribution in [1.29, 1.82) is 0 Å². The van der Waals surface area contributed by atoms with Gasteiger partial charge in [0, 0.05) is 47.2 Å². The Morgan fingerprint density at radius 3 is 2.57 bits per heavy atom. The second-order valence-electron chi connectivity index (χ2n) is 21.2. The molecule has 0 spiro atoms. The van der Waals surface area contributed by atoms with Gasteiger partial charge < -0.3 is 55.4 Å². The zero-order valence-corrected chi connectivity index (χ0v) is 41.1. The van der Waals surface area contributed by atoms with Gasteiger partial charge in [0.15, 0.2) is 11.5 Å². The van der Waals surface area contributed by atoms with E-state index in [1.165, 1.54) is 22.3 Å². The molecule has 6 bridgehead atoms. The summed E-state index contributed by atoms with van der Waals surface area (Å²) < 4.78 is 22.2. The lowest BCUT2D eigenvalue weighted by molar-refractivity contribution is -0.0874. The van der Waals surface area contributed by atoms with Crippen LogP contribution in [0.3, 0.4) is 0 Å². The highest BCUT2D eigenvalue weighted by molar-refractivity contribution is 5.88. The number of aliphatic hydroxyl groups is 2. The number of ether oxygens (including phenoxy) is 3. The van der Waals surface area contributed by atoms with Crippen molar-refractivity contribution in [3.63, 3.8) is 0 Å². The molecule has 5 aromatic carbocycles. The minimum absolute atomic E-state index is 0.0312. The number of fused-ring (bicyclic) bond motifs is 10. The topological polar surface area (TPSA) is 172 Å². The molecular weight excluding hydrogens is 903 g/mol. The number of aryl methyl sites for hydroxylation is 3. The minimum Gasteiger partial charge on any atom is -0.508 e. The Balaban J connectivity index is 0.901. The van der Waals surface area contributed by atoms with Crippen LogP contribution >= 0.6 is 0 Å². The maximum atomic E-state index is 11.8. The summed E-state index contributed by atoms with van der Waals surface area (Å²) in [5, 5.41) is 60.0. The van der Waals surface area contributed by atoms with Crippen LogP contribution in [0.5, 0.6) is 23.0 Å². The van der Waals surface area contributed by atoms with Crippen LogP contribution in [0, 0.1) is 11.8 Å². The Kier molecular flexibility index (Phi) is 13.9. The SMILES string of the molecule is NC1C=CC2=C(N1)n1cc3cc(C45CCOCC4CCc4ccccc45)cc(c3c1)COc1cc(c(CO)cc1O)CCC(O)CC1OC2CCC1CCCCCc1ccc(O)c(Cc2cccc(O)c2)c1. The summed E-state index contributed by atoms with van der Waals surface area (Å²) in [5.74, 6) is 2.24.